The van der Waals surface area contributed by atoms with Crippen molar-refractivity contribution in [1.82, 2.24) is 9.55 Å². The Morgan fingerprint density at radius 2 is 2.25 bits per heavy atom. The topological polar surface area (TPSA) is 17.8 Å². The SMILES string of the molecule is Cn1cnc2cc(Br)c(Cl)cc21. The van der Waals surface area contributed by atoms with Crippen LogP contribution in [-0.2, 0) is 7.05 Å². The zero-order valence-electron chi connectivity index (χ0n) is 6.38. The third kappa shape index (κ3) is 1.13. The van der Waals surface area contributed by atoms with E-state index in [-0.39, 0.29) is 0 Å². The summed E-state index contributed by atoms with van der Waals surface area (Å²) in [7, 11) is 1.94. The molecule has 2 nitrogen and oxygen atoms in total. The normalized spacial score (nSPS) is 10.9. The fraction of sp³-hybridized carbons (Fsp3) is 0.125. The first kappa shape index (κ1) is 8.08. The third-order valence-corrected chi connectivity index (χ3v) is 2.96. The summed E-state index contributed by atoms with van der Waals surface area (Å²) in [4.78, 5) is 4.19. The maximum absolute atomic E-state index is 5.93. The first-order chi connectivity index (χ1) is 5.68. The Kier molecular flexibility index (Phi) is 1.85. The Morgan fingerprint density at radius 3 is 3.00 bits per heavy atom. The second-order valence-corrected chi connectivity index (χ2v) is 3.87. The Morgan fingerprint density at radius 1 is 1.50 bits per heavy atom. The highest BCUT2D eigenvalue weighted by Crippen LogP contribution is 2.26. The van der Waals surface area contributed by atoms with E-state index in [9.17, 15) is 0 Å². The summed E-state index contributed by atoms with van der Waals surface area (Å²) < 4.78 is 2.82. The number of aryl methyl sites for hydroxylation is 1. The van der Waals surface area contributed by atoms with E-state index in [1.54, 1.807) is 6.33 Å². The number of benzene rings is 1. The highest BCUT2D eigenvalue weighted by molar-refractivity contribution is 9.10. The molecule has 0 saturated heterocycles. The largest absolute Gasteiger partial charge is 0.334 e. The molecule has 0 radical (unpaired) electrons. The van der Waals surface area contributed by atoms with E-state index in [1.165, 1.54) is 0 Å². The van der Waals surface area contributed by atoms with Crippen molar-refractivity contribution in [3.63, 3.8) is 0 Å². The summed E-state index contributed by atoms with van der Waals surface area (Å²) >= 11 is 9.27. The lowest BCUT2D eigenvalue weighted by Crippen LogP contribution is -1.83. The van der Waals surface area contributed by atoms with Crippen LogP contribution in [0.5, 0.6) is 0 Å². The van der Waals surface area contributed by atoms with Gasteiger partial charge in [0.25, 0.3) is 0 Å². The molecule has 0 spiro atoms. The number of hydrogen-bond donors (Lipinski definition) is 0. The summed E-state index contributed by atoms with van der Waals surface area (Å²) in [5.74, 6) is 0. The van der Waals surface area contributed by atoms with Gasteiger partial charge in [0.05, 0.1) is 22.4 Å². The molecule has 1 aromatic heterocycles. The van der Waals surface area contributed by atoms with Crippen molar-refractivity contribution < 1.29 is 0 Å². The van der Waals surface area contributed by atoms with Crippen LogP contribution in [0, 0.1) is 0 Å². The van der Waals surface area contributed by atoms with Crippen molar-refractivity contribution >= 4 is 38.6 Å². The zero-order chi connectivity index (χ0) is 8.72. The maximum atomic E-state index is 5.93. The molecule has 2 aromatic rings. The number of aromatic nitrogens is 2. The summed E-state index contributed by atoms with van der Waals surface area (Å²) in [6.07, 6.45) is 1.77. The third-order valence-electron chi connectivity index (χ3n) is 1.77. The molecule has 0 fully saturated rings. The van der Waals surface area contributed by atoms with Crippen LogP contribution >= 0.6 is 27.5 Å². The Labute approximate surface area is 83.3 Å². The predicted molar refractivity (Wildman–Crippen MR) is 53.4 cm³/mol. The van der Waals surface area contributed by atoms with E-state index in [2.05, 4.69) is 20.9 Å². The van der Waals surface area contributed by atoms with Gasteiger partial charge >= 0.3 is 0 Å². The first-order valence-electron chi connectivity index (χ1n) is 3.44. The lowest BCUT2D eigenvalue weighted by atomic mass is 10.3. The molecule has 12 heavy (non-hydrogen) atoms. The molecular formula is C8H6BrClN2. The summed E-state index contributed by atoms with van der Waals surface area (Å²) in [5, 5.41) is 0.714. The van der Waals surface area contributed by atoms with Gasteiger partial charge in [0.15, 0.2) is 0 Å². The summed E-state index contributed by atoms with van der Waals surface area (Å²) in [6.45, 7) is 0. The van der Waals surface area contributed by atoms with Gasteiger partial charge in [-0.05, 0) is 28.1 Å². The summed E-state index contributed by atoms with van der Waals surface area (Å²) in [6, 6.07) is 3.81. The number of fused-ring (bicyclic) bond motifs is 1. The van der Waals surface area contributed by atoms with Crippen LogP contribution in [0.15, 0.2) is 22.9 Å². The van der Waals surface area contributed by atoms with Crippen molar-refractivity contribution in [3.05, 3.63) is 28.0 Å². The molecule has 0 saturated carbocycles. The molecule has 1 heterocycles. The summed E-state index contributed by atoms with van der Waals surface area (Å²) in [5.41, 5.74) is 2.00. The van der Waals surface area contributed by atoms with Gasteiger partial charge in [0.2, 0.25) is 0 Å². The molecule has 0 atom stereocenters. The quantitative estimate of drug-likeness (QED) is 0.698. The molecule has 4 heteroatoms. The first-order valence-corrected chi connectivity index (χ1v) is 4.61. The van der Waals surface area contributed by atoms with Gasteiger partial charge in [-0.3, -0.25) is 0 Å². The van der Waals surface area contributed by atoms with Crippen LogP contribution in [0.3, 0.4) is 0 Å². The van der Waals surface area contributed by atoms with Crippen LogP contribution in [0.1, 0.15) is 0 Å². The second-order valence-electron chi connectivity index (χ2n) is 2.61. The van der Waals surface area contributed by atoms with Crippen LogP contribution in [0.4, 0.5) is 0 Å². The fourth-order valence-electron chi connectivity index (χ4n) is 1.12. The molecule has 62 valence electrons. The Bertz CT molecular complexity index is 436. The van der Waals surface area contributed by atoms with Crippen LogP contribution in [-0.4, -0.2) is 9.55 Å². The average Bonchev–Trinajstić information content (AvgIpc) is 2.35. The molecule has 0 N–H and O–H groups in total. The van der Waals surface area contributed by atoms with E-state index in [1.807, 2.05) is 23.7 Å². The molecular weight excluding hydrogens is 239 g/mol. The van der Waals surface area contributed by atoms with Gasteiger partial charge in [-0.2, -0.15) is 0 Å². The second kappa shape index (κ2) is 2.75. The molecule has 2 rings (SSSR count). The Hall–Kier alpha value is -0.540. The molecule has 1 aromatic carbocycles. The number of hydrogen-bond acceptors (Lipinski definition) is 1. The molecule has 0 aliphatic rings. The Balaban J connectivity index is 2.87. The van der Waals surface area contributed by atoms with Crippen molar-refractivity contribution in [1.29, 1.82) is 0 Å². The number of nitrogens with zero attached hydrogens (tertiary/aromatic N) is 2. The van der Waals surface area contributed by atoms with Gasteiger partial charge in [-0.25, -0.2) is 4.98 Å². The predicted octanol–water partition coefficient (Wildman–Crippen LogP) is 2.99. The van der Waals surface area contributed by atoms with Crippen molar-refractivity contribution in [2.75, 3.05) is 0 Å². The molecule has 0 amide bonds. The van der Waals surface area contributed by atoms with E-state index in [0.717, 1.165) is 15.5 Å². The van der Waals surface area contributed by atoms with Crippen molar-refractivity contribution in [2.45, 2.75) is 0 Å². The smallest absolute Gasteiger partial charge is 0.0955 e. The van der Waals surface area contributed by atoms with Gasteiger partial charge in [-0.15, -0.1) is 0 Å². The standard InChI is InChI=1S/C8H6BrClN2/c1-12-4-11-7-2-5(9)6(10)3-8(7)12/h2-4H,1H3. The lowest BCUT2D eigenvalue weighted by molar-refractivity contribution is 0.947. The number of rotatable bonds is 0. The average molecular weight is 246 g/mol. The van der Waals surface area contributed by atoms with Crippen LogP contribution < -0.4 is 0 Å². The van der Waals surface area contributed by atoms with E-state index in [0.29, 0.717) is 5.02 Å². The monoisotopic (exact) mass is 244 g/mol. The highest BCUT2D eigenvalue weighted by atomic mass is 79.9. The van der Waals surface area contributed by atoms with Crippen molar-refractivity contribution in [3.8, 4) is 0 Å². The van der Waals surface area contributed by atoms with Gasteiger partial charge < -0.3 is 4.57 Å². The minimum atomic E-state index is 0.714. The maximum Gasteiger partial charge on any atom is 0.0955 e. The van der Waals surface area contributed by atoms with Gasteiger partial charge in [0, 0.05) is 11.5 Å². The zero-order valence-corrected chi connectivity index (χ0v) is 8.72. The minimum absolute atomic E-state index is 0.714. The highest BCUT2D eigenvalue weighted by Gasteiger charge is 2.03. The number of halogens is 2. The fourth-order valence-corrected chi connectivity index (χ4v) is 1.61. The van der Waals surface area contributed by atoms with Crippen LogP contribution in [0.25, 0.3) is 11.0 Å². The minimum Gasteiger partial charge on any atom is -0.334 e. The van der Waals surface area contributed by atoms with Crippen LogP contribution in [0.2, 0.25) is 5.02 Å². The number of imidazole rings is 1. The molecule has 0 bridgehead atoms. The molecule has 0 unspecified atom stereocenters. The molecule has 0 aliphatic heterocycles. The van der Waals surface area contributed by atoms with E-state index >= 15 is 0 Å². The van der Waals surface area contributed by atoms with E-state index in [4.69, 9.17) is 11.6 Å². The van der Waals surface area contributed by atoms with Gasteiger partial charge in [0.1, 0.15) is 0 Å². The lowest BCUT2D eigenvalue weighted by Gasteiger charge is -1.97. The van der Waals surface area contributed by atoms with Crippen molar-refractivity contribution in [2.24, 2.45) is 7.05 Å². The molecule has 0 aliphatic carbocycles. The van der Waals surface area contributed by atoms with Gasteiger partial charge in [-0.1, -0.05) is 11.6 Å². The van der Waals surface area contributed by atoms with E-state index < -0.39 is 0 Å².